The van der Waals surface area contributed by atoms with Crippen molar-refractivity contribution in [3.8, 4) is 17.0 Å². The molecular weight excluding hydrogens is 376 g/mol. The number of nitrogens with one attached hydrogen (secondary N) is 1. The monoisotopic (exact) mass is 392 g/mol. The predicted molar refractivity (Wildman–Crippen MR) is 109 cm³/mol. The Morgan fingerprint density at radius 3 is 2.64 bits per heavy atom. The first-order valence-electron chi connectivity index (χ1n) is 8.61. The van der Waals surface area contributed by atoms with Gasteiger partial charge in [-0.3, -0.25) is 4.79 Å². The lowest BCUT2D eigenvalue weighted by molar-refractivity contribution is 0.102. The van der Waals surface area contributed by atoms with Crippen molar-refractivity contribution in [2.24, 2.45) is 0 Å². The second kappa shape index (κ2) is 7.32. The average molecular weight is 393 g/mol. The molecule has 0 saturated heterocycles. The number of methoxy groups -OCH3 is 1. The zero-order valence-electron chi connectivity index (χ0n) is 15.3. The van der Waals surface area contributed by atoms with Gasteiger partial charge in [0.1, 0.15) is 16.5 Å². The van der Waals surface area contributed by atoms with E-state index in [9.17, 15) is 4.79 Å². The summed E-state index contributed by atoms with van der Waals surface area (Å²) < 4.78 is 7.17. The molecule has 0 fully saturated rings. The number of aromatic nitrogens is 3. The number of imidazole rings is 1. The number of ether oxygens (including phenoxy) is 1. The van der Waals surface area contributed by atoms with Gasteiger partial charge in [0.2, 0.25) is 0 Å². The highest BCUT2D eigenvalue weighted by atomic mass is 35.5. The van der Waals surface area contributed by atoms with E-state index in [1.165, 1.54) is 12.3 Å². The van der Waals surface area contributed by atoms with E-state index >= 15 is 0 Å². The molecule has 0 bridgehead atoms. The van der Waals surface area contributed by atoms with Crippen LogP contribution in [-0.2, 0) is 0 Å². The van der Waals surface area contributed by atoms with Crippen LogP contribution in [0.5, 0.6) is 5.75 Å². The maximum absolute atomic E-state index is 12.4. The Kier molecular flexibility index (Phi) is 4.71. The minimum atomic E-state index is -0.253. The molecule has 4 aromatic rings. The fourth-order valence-electron chi connectivity index (χ4n) is 3.01. The summed E-state index contributed by atoms with van der Waals surface area (Å²) in [7, 11) is 1.64. The van der Waals surface area contributed by atoms with Crippen molar-refractivity contribution in [2.75, 3.05) is 12.4 Å². The van der Waals surface area contributed by atoms with Crippen molar-refractivity contribution in [2.45, 2.75) is 6.92 Å². The van der Waals surface area contributed by atoms with E-state index < -0.39 is 0 Å². The van der Waals surface area contributed by atoms with Crippen molar-refractivity contribution in [1.82, 2.24) is 14.4 Å². The molecule has 0 saturated carbocycles. The molecule has 3 heterocycles. The standard InChI is InChI=1S/C21H17ClN4O2/c1-13-20(14-3-6-17(28-2)7-4-14)25-19-8-5-16(12-26(13)19)24-21(27)15-9-10-23-18(22)11-15/h3-12H,1-2H3,(H,24,27). The summed E-state index contributed by atoms with van der Waals surface area (Å²) in [5, 5.41) is 3.15. The number of amides is 1. The second-order valence-electron chi connectivity index (χ2n) is 6.24. The van der Waals surface area contributed by atoms with Crippen LogP contribution in [0.4, 0.5) is 5.69 Å². The van der Waals surface area contributed by atoms with Gasteiger partial charge < -0.3 is 14.5 Å². The first kappa shape index (κ1) is 18.0. The molecule has 7 heteroatoms. The van der Waals surface area contributed by atoms with E-state index in [4.69, 9.17) is 21.3 Å². The zero-order valence-corrected chi connectivity index (χ0v) is 16.1. The van der Waals surface area contributed by atoms with Crippen molar-refractivity contribution < 1.29 is 9.53 Å². The Morgan fingerprint density at radius 1 is 1.14 bits per heavy atom. The van der Waals surface area contributed by atoms with Crippen LogP contribution in [0.3, 0.4) is 0 Å². The van der Waals surface area contributed by atoms with Crippen LogP contribution >= 0.6 is 11.6 Å². The van der Waals surface area contributed by atoms with Gasteiger partial charge in [-0.1, -0.05) is 11.6 Å². The fraction of sp³-hybridized carbons (Fsp3) is 0.0952. The van der Waals surface area contributed by atoms with Gasteiger partial charge in [0.05, 0.1) is 18.5 Å². The predicted octanol–water partition coefficient (Wildman–Crippen LogP) is 4.62. The number of rotatable bonds is 4. The van der Waals surface area contributed by atoms with Crippen LogP contribution in [-0.4, -0.2) is 27.4 Å². The molecule has 1 N–H and O–H groups in total. The topological polar surface area (TPSA) is 68.5 Å². The fourth-order valence-corrected chi connectivity index (χ4v) is 3.18. The van der Waals surface area contributed by atoms with E-state index in [-0.39, 0.29) is 11.1 Å². The van der Waals surface area contributed by atoms with Crippen LogP contribution < -0.4 is 10.1 Å². The third-order valence-corrected chi connectivity index (χ3v) is 4.67. The number of anilines is 1. The lowest BCUT2D eigenvalue weighted by atomic mass is 10.1. The molecule has 0 radical (unpaired) electrons. The highest BCUT2D eigenvalue weighted by Crippen LogP contribution is 2.26. The highest BCUT2D eigenvalue weighted by Gasteiger charge is 2.12. The molecule has 0 aliphatic carbocycles. The zero-order chi connectivity index (χ0) is 19.7. The lowest BCUT2D eigenvalue weighted by Gasteiger charge is -2.07. The van der Waals surface area contributed by atoms with E-state index in [1.807, 2.05) is 53.9 Å². The Bertz CT molecular complexity index is 1170. The molecule has 0 atom stereocenters. The van der Waals surface area contributed by atoms with Crippen molar-refractivity contribution in [3.05, 3.63) is 77.3 Å². The van der Waals surface area contributed by atoms with Crippen molar-refractivity contribution in [3.63, 3.8) is 0 Å². The number of carbonyl (C=O) groups excluding carboxylic acids is 1. The quantitative estimate of drug-likeness (QED) is 0.514. The van der Waals surface area contributed by atoms with E-state index in [0.29, 0.717) is 11.3 Å². The summed E-state index contributed by atoms with van der Waals surface area (Å²) in [6.45, 7) is 1.99. The molecule has 0 spiro atoms. The van der Waals surface area contributed by atoms with Gasteiger partial charge >= 0.3 is 0 Å². The molecule has 140 valence electrons. The van der Waals surface area contributed by atoms with Crippen molar-refractivity contribution in [1.29, 1.82) is 0 Å². The van der Waals surface area contributed by atoms with Gasteiger partial charge in [0.15, 0.2) is 0 Å². The summed E-state index contributed by atoms with van der Waals surface area (Å²) in [6.07, 6.45) is 3.35. The normalized spacial score (nSPS) is 10.8. The van der Waals surface area contributed by atoms with Crippen LogP contribution in [0.2, 0.25) is 5.15 Å². The summed E-state index contributed by atoms with van der Waals surface area (Å²) in [4.78, 5) is 21.0. The Morgan fingerprint density at radius 2 is 1.93 bits per heavy atom. The smallest absolute Gasteiger partial charge is 0.255 e. The van der Waals surface area contributed by atoms with Crippen LogP contribution in [0.25, 0.3) is 16.9 Å². The molecule has 0 aliphatic heterocycles. The number of benzene rings is 1. The summed E-state index contributed by atoms with van der Waals surface area (Å²) >= 11 is 5.86. The number of pyridine rings is 2. The maximum Gasteiger partial charge on any atom is 0.255 e. The average Bonchev–Trinajstić information content (AvgIpc) is 3.04. The summed E-state index contributed by atoms with van der Waals surface area (Å²) in [5.74, 6) is 0.545. The summed E-state index contributed by atoms with van der Waals surface area (Å²) in [6, 6.07) is 14.6. The van der Waals surface area contributed by atoms with Gasteiger partial charge in [-0.15, -0.1) is 0 Å². The molecule has 6 nitrogen and oxygen atoms in total. The van der Waals surface area contributed by atoms with Gasteiger partial charge in [-0.2, -0.15) is 0 Å². The third-order valence-electron chi connectivity index (χ3n) is 4.47. The second-order valence-corrected chi connectivity index (χ2v) is 6.63. The number of aryl methyl sites for hydroxylation is 1. The van der Waals surface area contributed by atoms with E-state index in [1.54, 1.807) is 13.2 Å². The number of nitrogens with zero attached hydrogens (tertiary/aromatic N) is 3. The van der Waals surface area contributed by atoms with Gasteiger partial charge in [0, 0.05) is 29.2 Å². The van der Waals surface area contributed by atoms with Crippen molar-refractivity contribution >= 4 is 28.8 Å². The molecule has 0 aliphatic rings. The largest absolute Gasteiger partial charge is 0.497 e. The minimum absolute atomic E-state index is 0.253. The van der Waals surface area contributed by atoms with Gasteiger partial charge in [-0.25, -0.2) is 9.97 Å². The van der Waals surface area contributed by atoms with Crippen LogP contribution in [0.1, 0.15) is 16.1 Å². The maximum atomic E-state index is 12.4. The molecule has 28 heavy (non-hydrogen) atoms. The number of carbonyl (C=O) groups is 1. The molecule has 1 amide bonds. The van der Waals surface area contributed by atoms with E-state index in [2.05, 4.69) is 10.3 Å². The molecule has 3 aromatic heterocycles. The Balaban J connectivity index is 1.65. The first-order valence-corrected chi connectivity index (χ1v) is 8.99. The number of hydrogen-bond donors (Lipinski definition) is 1. The van der Waals surface area contributed by atoms with Gasteiger partial charge in [-0.05, 0) is 55.5 Å². The number of fused-ring (bicyclic) bond motifs is 1. The molecule has 1 aromatic carbocycles. The minimum Gasteiger partial charge on any atom is -0.497 e. The van der Waals surface area contributed by atoms with Crippen LogP contribution in [0.15, 0.2) is 60.9 Å². The highest BCUT2D eigenvalue weighted by molar-refractivity contribution is 6.29. The number of hydrogen-bond acceptors (Lipinski definition) is 4. The summed E-state index contributed by atoms with van der Waals surface area (Å²) in [5.41, 5.74) is 4.76. The lowest BCUT2D eigenvalue weighted by Crippen LogP contribution is -2.12. The molecular formula is C21H17ClN4O2. The third kappa shape index (κ3) is 3.42. The molecule has 0 unspecified atom stereocenters. The SMILES string of the molecule is COc1ccc(-c2nc3ccc(NC(=O)c4ccnc(Cl)c4)cn3c2C)cc1. The Labute approximate surface area is 166 Å². The van der Waals surface area contributed by atoms with Gasteiger partial charge in [0.25, 0.3) is 5.91 Å². The first-order chi connectivity index (χ1) is 13.5. The van der Waals surface area contributed by atoms with E-state index in [0.717, 1.165) is 28.3 Å². The Hall–Kier alpha value is -3.38. The number of halogens is 1. The van der Waals surface area contributed by atoms with Crippen LogP contribution in [0, 0.1) is 6.92 Å². The molecule has 4 rings (SSSR count).